The van der Waals surface area contributed by atoms with Gasteiger partial charge in [0.25, 0.3) is 0 Å². The van der Waals surface area contributed by atoms with Crippen LogP contribution in [0.25, 0.3) is 0 Å². The summed E-state index contributed by atoms with van der Waals surface area (Å²) in [5.74, 6) is 0.293. The Morgan fingerprint density at radius 1 is 1.36 bits per heavy atom. The van der Waals surface area contributed by atoms with Crippen molar-refractivity contribution in [3.05, 3.63) is 6.42 Å². The van der Waals surface area contributed by atoms with Crippen LogP contribution in [0.15, 0.2) is 0 Å². The summed E-state index contributed by atoms with van der Waals surface area (Å²) in [6.07, 6.45) is 2.98. The molecule has 65 valence electrons. The molecule has 0 aromatic heterocycles. The lowest BCUT2D eigenvalue weighted by molar-refractivity contribution is -0.247. The van der Waals surface area contributed by atoms with Crippen LogP contribution in [0.2, 0.25) is 0 Å². The highest BCUT2D eigenvalue weighted by Crippen LogP contribution is 2.25. The smallest absolute Gasteiger partial charge is 0.165 e. The molecule has 0 aliphatic carbocycles. The lowest BCUT2D eigenvalue weighted by Gasteiger charge is -2.35. The van der Waals surface area contributed by atoms with Crippen molar-refractivity contribution in [1.29, 1.82) is 0 Å². The zero-order chi connectivity index (χ0) is 8.32. The Balaban J connectivity index is 2.37. The summed E-state index contributed by atoms with van der Waals surface area (Å²) in [4.78, 5) is 0. The largest absolute Gasteiger partial charge is 0.350 e. The minimum absolute atomic E-state index is 0.330. The van der Waals surface area contributed by atoms with E-state index in [1.165, 1.54) is 0 Å². The van der Waals surface area contributed by atoms with Gasteiger partial charge in [0.05, 0.1) is 13.2 Å². The summed E-state index contributed by atoms with van der Waals surface area (Å²) < 4.78 is 11.0. The molecule has 1 saturated heterocycles. The van der Waals surface area contributed by atoms with Gasteiger partial charge in [0.2, 0.25) is 0 Å². The second-order valence-electron chi connectivity index (χ2n) is 3.64. The summed E-state index contributed by atoms with van der Waals surface area (Å²) in [7, 11) is 0. The SMILES string of the molecule is CC(C)CC1(C)OC[CH]CO1. The third-order valence-corrected chi connectivity index (χ3v) is 1.79. The molecular weight excluding hydrogens is 140 g/mol. The average Bonchev–Trinajstić information content (AvgIpc) is 1.85. The first-order valence-electron chi connectivity index (χ1n) is 4.22. The molecule has 0 unspecified atom stereocenters. The molecule has 1 heterocycles. The predicted octanol–water partition coefficient (Wildman–Crippen LogP) is 2.00. The predicted molar refractivity (Wildman–Crippen MR) is 44.1 cm³/mol. The van der Waals surface area contributed by atoms with E-state index in [4.69, 9.17) is 9.47 Å². The first-order chi connectivity index (χ1) is 5.12. The first-order valence-corrected chi connectivity index (χ1v) is 4.22. The fourth-order valence-corrected chi connectivity index (χ4v) is 1.42. The van der Waals surface area contributed by atoms with Crippen LogP contribution in [0, 0.1) is 12.3 Å². The molecular formula is C9H17O2. The topological polar surface area (TPSA) is 18.5 Å². The van der Waals surface area contributed by atoms with Crippen molar-refractivity contribution >= 4 is 0 Å². The van der Waals surface area contributed by atoms with E-state index in [1.807, 2.05) is 13.3 Å². The minimum Gasteiger partial charge on any atom is -0.350 e. The summed E-state index contributed by atoms with van der Waals surface area (Å²) >= 11 is 0. The number of rotatable bonds is 2. The molecule has 0 aromatic carbocycles. The molecule has 0 saturated carbocycles. The van der Waals surface area contributed by atoms with Crippen LogP contribution in [-0.2, 0) is 9.47 Å². The van der Waals surface area contributed by atoms with Crippen molar-refractivity contribution in [2.45, 2.75) is 33.0 Å². The molecule has 1 aliphatic rings. The van der Waals surface area contributed by atoms with Gasteiger partial charge in [0, 0.05) is 12.8 Å². The van der Waals surface area contributed by atoms with Crippen molar-refractivity contribution < 1.29 is 9.47 Å². The van der Waals surface area contributed by atoms with Crippen LogP contribution in [0.5, 0.6) is 0 Å². The van der Waals surface area contributed by atoms with Gasteiger partial charge in [-0.1, -0.05) is 13.8 Å². The average molecular weight is 157 g/mol. The van der Waals surface area contributed by atoms with E-state index >= 15 is 0 Å². The summed E-state index contributed by atoms with van der Waals surface area (Å²) in [5.41, 5.74) is 0. The summed E-state index contributed by atoms with van der Waals surface area (Å²) in [6.45, 7) is 7.82. The van der Waals surface area contributed by atoms with Gasteiger partial charge in [-0.15, -0.1) is 0 Å². The van der Waals surface area contributed by atoms with Crippen molar-refractivity contribution in [1.82, 2.24) is 0 Å². The maximum absolute atomic E-state index is 5.50. The van der Waals surface area contributed by atoms with Gasteiger partial charge in [0.1, 0.15) is 0 Å². The molecule has 0 N–H and O–H groups in total. The molecule has 0 spiro atoms. The van der Waals surface area contributed by atoms with Gasteiger partial charge < -0.3 is 9.47 Å². The highest BCUT2D eigenvalue weighted by atomic mass is 16.7. The second-order valence-corrected chi connectivity index (χ2v) is 3.64. The van der Waals surface area contributed by atoms with Crippen LogP contribution < -0.4 is 0 Å². The Kier molecular flexibility index (Phi) is 2.90. The van der Waals surface area contributed by atoms with E-state index in [2.05, 4.69) is 13.8 Å². The van der Waals surface area contributed by atoms with Crippen LogP contribution in [0.1, 0.15) is 27.2 Å². The molecule has 1 radical (unpaired) electrons. The van der Waals surface area contributed by atoms with E-state index in [-0.39, 0.29) is 5.79 Å². The van der Waals surface area contributed by atoms with Crippen LogP contribution in [-0.4, -0.2) is 19.0 Å². The molecule has 1 aliphatic heterocycles. The third kappa shape index (κ3) is 2.80. The van der Waals surface area contributed by atoms with Gasteiger partial charge in [-0.3, -0.25) is 0 Å². The van der Waals surface area contributed by atoms with Crippen molar-refractivity contribution in [3.63, 3.8) is 0 Å². The Labute approximate surface area is 68.9 Å². The number of ether oxygens (including phenoxy) is 2. The molecule has 0 atom stereocenters. The number of hydrogen-bond donors (Lipinski definition) is 0. The molecule has 2 nitrogen and oxygen atoms in total. The van der Waals surface area contributed by atoms with Crippen molar-refractivity contribution in [3.8, 4) is 0 Å². The Morgan fingerprint density at radius 3 is 2.36 bits per heavy atom. The normalized spacial score (nSPS) is 24.0. The maximum Gasteiger partial charge on any atom is 0.165 e. The fourth-order valence-electron chi connectivity index (χ4n) is 1.42. The van der Waals surface area contributed by atoms with Crippen molar-refractivity contribution in [2.75, 3.05) is 13.2 Å². The molecule has 11 heavy (non-hydrogen) atoms. The van der Waals surface area contributed by atoms with Gasteiger partial charge in [-0.2, -0.15) is 0 Å². The third-order valence-electron chi connectivity index (χ3n) is 1.79. The highest BCUT2D eigenvalue weighted by Gasteiger charge is 2.29. The minimum atomic E-state index is -0.330. The van der Waals surface area contributed by atoms with E-state index in [0.29, 0.717) is 5.92 Å². The number of hydrogen-bond acceptors (Lipinski definition) is 2. The van der Waals surface area contributed by atoms with Gasteiger partial charge in [-0.25, -0.2) is 0 Å². The monoisotopic (exact) mass is 157 g/mol. The zero-order valence-electron chi connectivity index (χ0n) is 7.59. The maximum atomic E-state index is 5.50. The zero-order valence-corrected chi connectivity index (χ0v) is 7.59. The second kappa shape index (κ2) is 3.55. The van der Waals surface area contributed by atoms with Crippen LogP contribution in [0.4, 0.5) is 0 Å². The summed E-state index contributed by atoms with van der Waals surface area (Å²) in [5, 5.41) is 0. The van der Waals surface area contributed by atoms with Crippen molar-refractivity contribution in [2.24, 2.45) is 5.92 Å². The van der Waals surface area contributed by atoms with Gasteiger partial charge in [0.15, 0.2) is 5.79 Å². The molecule has 2 heteroatoms. The molecule has 0 aromatic rings. The van der Waals surface area contributed by atoms with E-state index in [9.17, 15) is 0 Å². The Morgan fingerprint density at radius 2 is 1.91 bits per heavy atom. The molecule has 0 bridgehead atoms. The van der Waals surface area contributed by atoms with Gasteiger partial charge in [-0.05, 0) is 12.8 Å². The molecule has 1 rings (SSSR count). The highest BCUT2D eigenvalue weighted by molar-refractivity contribution is 4.75. The fraction of sp³-hybridized carbons (Fsp3) is 0.889. The van der Waals surface area contributed by atoms with E-state index < -0.39 is 0 Å². The first kappa shape index (κ1) is 9.01. The van der Waals surface area contributed by atoms with E-state index in [1.54, 1.807) is 0 Å². The summed E-state index contributed by atoms with van der Waals surface area (Å²) in [6, 6.07) is 0. The van der Waals surface area contributed by atoms with Gasteiger partial charge >= 0.3 is 0 Å². The molecule has 0 amide bonds. The van der Waals surface area contributed by atoms with E-state index in [0.717, 1.165) is 19.6 Å². The standard InChI is InChI=1S/C9H17O2/c1-8(2)7-9(3)10-5-4-6-11-9/h4,8H,5-7H2,1-3H3. The lowest BCUT2D eigenvalue weighted by Crippen LogP contribution is -2.38. The quantitative estimate of drug-likeness (QED) is 0.610. The van der Waals surface area contributed by atoms with Crippen LogP contribution >= 0.6 is 0 Å². The lowest BCUT2D eigenvalue weighted by atomic mass is 10.0. The Hall–Kier alpha value is -0.0800. The van der Waals surface area contributed by atoms with Crippen LogP contribution in [0.3, 0.4) is 0 Å². The molecule has 1 fully saturated rings. The Bertz CT molecular complexity index is 115.